The van der Waals surface area contributed by atoms with Gasteiger partial charge in [-0.1, -0.05) is 26.0 Å². The molecule has 5 atom stereocenters. The molecule has 7 N–H and O–H groups in total. The van der Waals surface area contributed by atoms with Crippen LogP contribution < -0.4 is 0 Å². The number of cyclic esters (lactones) is 1. The van der Waals surface area contributed by atoms with Gasteiger partial charge in [-0.3, -0.25) is 0 Å². The van der Waals surface area contributed by atoms with Gasteiger partial charge in [0.1, 0.15) is 12.4 Å². The maximum Gasteiger partial charge on any atom is 0.337 e. The summed E-state index contributed by atoms with van der Waals surface area (Å²) in [4.78, 5) is 22.1. The van der Waals surface area contributed by atoms with Crippen LogP contribution in [0.3, 0.4) is 0 Å². The molecule has 204 valence electrons. The van der Waals surface area contributed by atoms with Gasteiger partial charge < -0.3 is 40.5 Å². The van der Waals surface area contributed by atoms with Crippen molar-refractivity contribution in [3.05, 3.63) is 41.2 Å². The summed E-state index contributed by atoms with van der Waals surface area (Å²) >= 11 is 0. The highest BCUT2D eigenvalue weighted by Gasteiger charge is 2.57. The van der Waals surface area contributed by atoms with Crippen LogP contribution in [0.1, 0.15) is 62.7 Å². The Morgan fingerprint density at radius 3 is 2.27 bits per heavy atom. The third-order valence-electron chi connectivity index (χ3n) is 8.63. The minimum absolute atomic E-state index is 0.0194. The fourth-order valence-corrected chi connectivity index (χ4v) is 6.42. The van der Waals surface area contributed by atoms with Crippen LogP contribution in [-0.2, 0) is 9.53 Å². The van der Waals surface area contributed by atoms with Gasteiger partial charge in [-0.15, -0.1) is 0 Å². The number of carbonyl (C=O) groups is 2. The molecule has 0 amide bonds. The molecule has 0 bridgehead atoms. The molecule has 2 aliphatic carbocycles. The molecular formula is C27H36O10. The van der Waals surface area contributed by atoms with Crippen molar-refractivity contribution < 1.29 is 50.1 Å². The predicted octanol–water partition coefficient (Wildman–Crippen LogP) is 3.38. The van der Waals surface area contributed by atoms with Gasteiger partial charge in [0, 0.05) is 5.41 Å². The Hall–Kier alpha value is -3.24. The standard InChI is InChI=1S/C20H30O5.C7H6O5/c1-12-4-7-16-19(2,9-8-17(23)20(16,3)11-21)14(12)6-5-13-15(22)10-25-18(13)24;8-4-1-3(7(11)12)2-5(9)6(4)10/h14,16-17,21-23H,1,4-11H2,2-3H3;1-2,8-10H,(H,11,12)/t14-,16+,17-,19+,20+;/m1./s1. The van der Waals surface area contributed by atoms with Crippen molar-refractivity contribution in [2.75, 3.05) is 13.2 Å². The summed E-state index contributed by atoms with van der Waals surface area (Å²) in [5.74, 6) is -3.28. The number of allylic oxidation sites excluding steroid dienone is 1. The molecule has 10 nitrogen and oxygen atoms in total. The highest BCUT2D eigenvalue weighted by molar-refractivity contribution is 5.91. The van der Waals surface area contributed by atoms with E-state index in [0.29, 0.717) is 18.4 Å². The van der Waals surface area contributed by atoms with E-state index in [2.05, 4.69) is 13.5 Å². The molecular weight excluding hydrogens is 484 g/mol. The van der Waals surface area contributed by atoms with E-state index in [-0.39, 0.29) is 41.8 Å². The molecule has 0 saturated heterocycles. The fourth-order valence-electron chi connectivity index (χ4n) is 6.42. The number of phenols is 3. The van der Waals surface area contributed by atoms with Crippen molar-refractivity contribution in [2.24, 2.45) is 22.7 Å². The number of esters is 1. The van der Waals surface area contributed by atoms with Crippen molar-refractivity contribution >= 4 is 11.9 Å². The maximum atomic E-state index is 11.8. The van der Waals surface area contributed by atoms with Gasteiger partial charge in [0.05, 0.1) is 23.8 Å². The first-order chi connectivity index (χ1) is 17.3. The molecule has 0 spiro atoms. The molecule has 1 aromatic rings. The number of aromatic carboxylic acids is 1. The van der Waals surface area contributed by atoms with Crippen LogP contribution in [0.25, 0.3) is 0 Å². The van der Waals surface area contributed by atoms with Crippen LogP contribution in [0, 0.1) is 22.7 Å². The number of rotatable bonds is 5. The Morgan fingerprint density at radius 2 is 1.76 bits per heavy atom. The number of carboxylic acid groups (broad SMARTS) is 1. The SMILES string of the molecule is C=C1CC[C@@H]2[C@](C)(CO)[C@H](O)CC[C@@]2(C)[C@@H]1CCC1=C(O)COC1=O.O=C(O)c1cc(O)c(O)c(O)c1. The second kappa shape index (κ2) is 10.6. The average molecular weight is 521 g/mol. The van der Waals surface area contributed by atoms with Crippen LogP contribution >= 0.6 is 0 Å². The normalized spacial score (nSPS) is 31.3. The maximum absolute atomic E-state index is 11.8. The average Bonchev–Trinajstić information content (AvgIpc) is 3.16. The Kier molecular flexibility index (Phi) is 8.14. The van der Waals surface area contributed by atoms with Gasteiger partial charge in [-0.05, 0) is 67.9 Å². The molecule has 0 radical (unpaired) electrons. The van der Waals surface area contributed by atoms with E-state index in [4.69, 9.17) is 25.2 Å². The first kappa shape index (κ1) is 28.3. The number of aromatic hydroxyl groups is 3. The lowest BCUT2D eigenvalue weighted by Gasteiger charge is -2.60. The van der Waals surface area contributed by atoms with E-state index in [9.17, 15) is 24.9 Å². The second-order valence-corrected chi connectivity index (χ2v) is 10.7. The fraction of sp³-hybridized carbons (Fsp3) is 0.556. The summed E-state index contributed by atoms with van der Waals surface area (Å²) in [6, 6.07) is 1.69. The molecule has 1 aromatic carbocycles. The van der Waals surface area contributed by atoms with Crippen LogP contribution in [0.2, 0.25) is 0 Å². The minimum Gasteiger partial charge on any atom is -0.508 e. The number of aliphatic hydroxyl groups excluding tert-OH is 3. The number of hydrogen-bond donors (Lipinski definition) is 7. The van der Waals surface area contributed by atoms with E-state index in [0.717, 1.165) is 37.8 Å². The van der Waals surface area contributed by atoms with E-state index >= 15 is 0 Å². The first-order valence-electron chi connectivity index (χ1n) is 12.3. The molecule has 37 heavy (non-hydrogen) atoms. The molecule has 0 unspecified atom stereocenters. The van der Waals surface area contributed by atoms with Gasteiger partial charge >= 0.3 is 11.9 Å². The van der Waals surface area contributed by atoms with Crippen LogP contribution in [0.4, 0.5) is 0 Å². The van der Waals surface area contributed by atoms with Crippen LogP contribution in [-0.4, -0.2) is 67.0 Å². The molecule has 3 aliphatic rings. The summed E-state index contributed by atoms with van der Waals surface area (Å²) in [6.07, 6.45) is 4.09. The summed E-state index contributed by atoms with van der Waals surface area (Å²) < 4.78 is 4.89. The Morgan fingerprint density at radius 1 is 1.14 bits per heavy atom. The third-order valence-corrected chi connectivity index (χ3v) is 8.63. The summed E-state index contributed by atoms with van der Waals surface area (Å²) in [5.41, 5.74) is 0.716. The van der Waals surface area contributed by atoms with Gasteiger partial charge in [0.15, 0.2) is 17.2 Å². The Bertz CT molecular complexity index is 1090. The second-order valence-electron chi connectivity index (χ2n) is 10.7. The zero-order valence-electron chi connectivity index (χ0n) is 21.1. The molecule has 2 fully saturated rings. The van der Waals surface area contributed by atoms with E-state index in [1.165, 1.54) is 5.57 Å². The summed E-state index contributed by atoms with van der Waals surface area (Å²) in [6.45, 7) is 8.48. The molecule has 2 saturated carbocycles. The van der Waals surface area contributed by atoms with E-state index in [1.807, 2.05) is 6.92 Å². The van der Waals surface area contributed by atoms with Gasteiger partial charge in [0.2, 0.25) is 0 Å². The number of carbonyl (C=O) groups excluding carboxylic acids is 1. The van der Waals surface area contributed by atoms with Crippen LogP contribution in [0.15, 0.2) is 35.6 Å². The highest BCUT2D eigenvalue weighted by Crippen LogP contribution is 2.61. The van der Waals surface area contributed by atoms with Crippen molar-refractivity contribution in [2.45, 2.75) is 58.5 Å². The van der Waals surface area contributed by atoms with Crippen molar-refractivity contribution in [1.82, 2.24) is 0 Å². The van der Waals surface area contributed by atoms with Crippen LogP contribution in [0.5, 0.6) is 17.2 Å². The van der Waals surface area contributed by atoms with E-state index in [1.54, 1.807) is 0 Å². The number of ether oxygens (including phenoxy) is 1. The zero-order chi connectivity index (χ0) is 27.7. The topological polar surface area (TPSA) is 185 Å². The number of carboxylic acids is 1. The van der Waals surface area contributed by atoms with Gasteiger partial charge in [-0.2, -0.15) is 0 Å². The lowest BCUT2D eigenvalue weighted by atomic mass is 9.46. The van der Waals surface area contributed by atoms with Crippen molar-refractivity contribution in [3.8, 4) is 17.2 Å². The lowest BCUT2D eigenvalue weighted by molar-refractivity contribution is -0.152. The third kappa shape index (κ3) is 5.26. The van der Waals surface area contributed by atoms with Crippen molar-refractivity contribution in [1.29, 1.82) is 0 Å². The largest absolute Gasteiger partial charge is 0.508 e. The molecule has 1 heterocycles. The monoisotopic (exact) mass is 520 g/mol. The quantitative estimate of drug-likeness (QED) is 0.172. The van der Waals surface area contributed by atoms with Gasteiger partial charge in [-0.25, -0.2) is 9.59 Å². The zero-order valence-corrected chi connectivity index (χ0v) is 21.1. The predicted molar refractivity (Wildman–Crippen MR) is 132 cm³/mol. The smallest absolute Gasteiger partial charge is 0.337 e. The molecule has 4 rings (SSSR count). The van der Waals surface area contributed by atoms with Gasteiger partial charge in [0.25, 0.3) is 0 Å². The summed E-state index contributed by atoms with van der Waals surface area (Å²) in [5, 5.41) is 65.3. The van der Waals surface area contributed by atoms with Crippen molar-refractivity contribution in [3.63, 3.8) is 0 Å². The minimum atomic E-state index is -1.29. The molecule has 0 aromatic heterocycles. The van der Waals surface area contributed by atoms with E-state index < -0.39 is 40.7 Å². The number of aliphatic hydroxyl groups is 3. The highest BCUT2D eigenvalue weighted by atomic mass is 16.5. The molecule has 1 aliphatic heterocycles. The Balaban J connectivity index is 0.000000266. The summed E-state index contributed by atoms with van der Waals surface area (Å²) in [7, 11) is 0. The first-order valence-corrected chi connectivity index (χ1v) is 12.3. The molecule has 10 heteroatoms. The Labute approximate surface area is 215 Å². The number of hydrogen-bond acceptors (Lipinski definition) is 9. The number of fused-ring (bicyclic) bond motifs is 1. The lowest BCUT2D eigenvalue weighted by Crippen LogP contribution is -2.57. The number of benzene rings is 1. The number of phenolic OH excluding ortho intramolecular Hbond substituents is 3.